The van der Waals surface area contributed by atoms with Crippen LogP contribution in [0.4, 0.5) is 0 Å². The van der Waals surface area contributed by atoms with Crippen LogP contribution < -0.4 is 0 Å². The lowest BCUT2D eigenvalue weighted by Gasteiger charge is -2.36. The summed E-state index contributed by atoms with van der Waals surface area (Å²) in [4.78, 5) is 1.79. The van der Waals surface area contributed by atoms with Gasteiger partial charge < -0.3 is 9.84 Å². The molecule has 0 radical (unpaired) electrons. The standard InChI is InChI=1S/C24H27NO2/c1-25(2)23(26)18-19-27-24(20-12-6-3-7-13-20,21-14-8-4-9-15-21)22-16-10-5-11-17-22/h3-17,23,26H,18-19H2,1-2H3. The van der Waals surface area contributed by atoms with Crippen LogP contribution in [0.25, 0.3) is 0 Å². The maximum absolute atomic E-state index is 10.2. The first kappa shape index (κ1) is 19.3. The molecule has 0 amide bonds. The Hall–Kier alpha value is -2.46. The summed E-state index contributed by atoms with van der Waals surface area (Å²) in [5.74, 6) is 0. The van der Waals surface area contributed by atoms with E-state index in [1.807, 2.05) is 68.7 Å². The predicted octanol–water partition coefficient (Wildman–Crippen LogP) is 4.27. The summed E-state index contributed by atoms with van der Waals surface area (Å²) in [6.07, 6.45) is -0.00800. The van der Waals surface area contributed by atoms with E-state index in [1.165, 1.54) is 0 Å². The molecule has 3 aromatic carbocycles. The average molecular weight is 361 g/mol. The molecule has 3 nitrogen and oxygen atoms in total. The second-order valence-corrected chi connectivity index (χ2v) is 6.86. The lowest BCUT2D eigenvalue weighted by atomic mass is 9.80. The first-order valence-corrected chi connectivity index (χ1v) is 9.29. The summed E-state index contributed by atoms with van der Waals surface area (Å²) >= 11 is 0. The van der Waals surface area contributed by atoms with E-state index in [1.54, 1.807) is 4.90 Å². The fourth-order valence-corrected chi connectivity index (χ4v) is 3.34. The first-order chi connectivity index (χ1) is 13.1. The van der Waals surface area contributed by atoms with E-state index in [9.17, 15) is 5.11 Å². The SMILES string of the molecule is CN(C)C(O)CCOC(c1ccccc1)(c1ccccc1)c1ccccc1. The number of ether oxygens (including phenoxy) is 1. The van der Waals surface area contributed by atoms with Gasteiger partial charge in [0.1, 0.15) is 11.8 Å². The second-order valence-electron chi connectivity index (χ2n) is 6.86. The third kappa shape index (κ3) is 4.28. The zero-order valence-electron chi connectivity index (χ0n) is 16.0. The molecule has 0 saturated carbocycles. The Balaban J connectivity index is 2.08. The summed E-state index contributed by atoms with van der Waals surface area (Å²) in [6.45, 7) is 0.429. The molecule has 1 atom stereocenters. The smallest absolute Gasteiger partial charge is 0.143 e. The quantitative estimate of drug-likeness (QED) is 0.480. The van der Waals surface area contributed by atoms with Crippen molar-refractivity contribution in [2.75, 3.05) is 20.7 Å². The number of rotatable bonds is 8. The molecule has 0 saturated heterocycles. The molecule has 0 aliphatic rings. The number of aliphatic hydroxyl groups excluding tert-OH is 1. The van der Waals surface area contributed by atoms with Crippen LogP contribution in [0.3, 0.4) is 0 Å². The topological polar surface area (TPSA) is 32.7 Å². The van der Waals surface area contributed by atoms with Crippen LogP contribution in [-0.4, -0.2) is 36.9 Å². The van der Waals surface area contributed by atoms with Crippen LogP contribution in [0.5, 0.6) is 0 Å². The van der Waals surface area contributed by atoms with E-state index in [0.717, 1.165) is 16.7 Å². The number of aliphatic hydroxyl groups is 1. The van der Waals surface area contributed by atoms with Crippen LogP contribution in [0.1, 0.15) is 23.1 Å². The van der Waals surface area contributed by atoms with Crippen molar-refractivity contribution in [1.29, 1.82) is 0 Å². The van der Waals surface area contributed by atoms with Gasteiger partial charge in [0.2, 0.25) is 0 Å². The van der Waals surface area contributed by atoms with Gasteiger partial charge in [-0.3, -0.25) is 4.90 Å². The summed E-state index contributed by atoms with van der Waals surface area (Å²) in [7, 11) is 3.73. The Morgan fingerprint density at radius 1 is 0.741 bits per heavy atom. The molecule has 0 spiro atoms. The van der Waals surface area contributed by atoms with Crippen molar-refractivity contribution in [3.05, 3.63) is 108 Å². The minimum Gasteiger partial charge on any atom is -0.378 e. The third-order valence-corrected chi connectivity index (χ3v) is 4.83. The lowest BCUT2D eigenvalue weighted by molar-refractivity contribution is -0.0342. The van der Waals surface area contributed by atoms with Crippen LogP contribution in [0.15, 0.2) is 91.0 Å². The molecule has 140 valence electrons. The fraction of sp³-hybridized carbons (Fsp3) is 0.250. The molecular formula is C24H27NO2. The molecule has 3 rings (SSSR count). The highest BCUT2D eigenvalue weighted by Crippen LogP contribution is 2.40. The molecule has 3 heteroatoms. The second kappa shape index (κ2) is 8.96. The minimum atomic E-state index is -0.726. The molecule has 0 aromatic heterocycles. The van der Waals surface area contributed by atoms with E-state index in [-0.39, 0.29) is 0 Å². The van der Waals surface area contributed by atoms with Crippen molar-refractivity contribution in [2.24, 2.45) is 0 Å². The highest BCUT2D eigenvalue weighted by Gasteiger charge is 2.37. The zero-order chi connectivity index (χ0) is 19.1. The van der Waals surface area contributed by atoms with E-state index in [2.05, 4.69) is 36.4 Å². The highest BCUT2D eigenvalue weighted by atomic mass is 16.5. The van der Waals surface area contributed by atoms with Crippen molar-refractivity contribution in [3.63, 3.8) is 0 Å². The van der Waals surface area contributed by atoms with Gasteiger partial charge in [-0.25, -0.2) is 0 Å². The van der Waals surface area contributed by atoms with Crippen molar-refractivity contribution in [2.45, 2.75) is 18.2 Å². The van der Waals surface area contributed by atoms with Gasteiger partial charge in [0, 0.05) is 6.42 Å². The maximum atomic E-state index is 10.2. The Labute approximate surface area is 161 Å². The Bertz CT molecular complexity index is 707. The molecule has 1 unspecified atom stereocenters. The van der Waals surface area contributed by atoms with E-state index >= 15 is 0 Å². The van der Waals surface area contributed by atoms with Crippen LogP contribution in [0.2, 0.25) is 0 Å². The predicted molar refractivity (Wildman–Crippen MR) is 109 cm³/mol. The largest absolute Gasteiger partial charge is 0.378 e. The van der Waals surface area contributed by atoms with Gasteiger partial charge in [0.15, 0.2) is 0 Å². The first-order valence-electron chi connectivity index (χ1n) is 9.29. The highest BCUT2D eigenvalue weighted by molar-refractivity contribution is 5.47. The molecular weight excluding hydrogens is 334 g/mol. The molecule has 0 aliphatic heterocycles. The molecule has 0 heterocycles. The van der Waals surface area contributed by atoms with Gasteiger partial charge in [-0.1, -0.05) is 91.0 Å². The summed E-state index contributed by atoms with van der Waals surface area (Å²) < 4.78 is 6.62. The van der Waals surface area contributed by atoms with Gasteiger partial charge >= 0.3 is 0 Å². The lowest BCUT2D eigenvalue weighted by Crippen LogP contribution is -2.35. The van der Waals surface area contributed by atoms with Crippen LogP contribution in [-0.2, 0) is 10.3 Å². The molecule has 0 aliphatic carbocycles. The van der Waals surface area contributed by atoms with Gasteiger partial charge in [0.25, 0.3) is 0 Å². The van der Waals surface area contributed by atoms with E-state index < -0.39 is 11.8 Å². The summed E-state index contributed by atoms with van der Waals surface area (Å²) in [5, 5.41) is 10.2. The van der Waals surface area contributed by atoms with Crippen molar-refractivity contribution < 1.29 is 9.84 Å². The summed E-state index contributed by atoms with van der Waals surface area (Å²) in [5.41, 5.74) is 2.49. The molecule has 3 aromatic rings. The van der Waals surface area contributed by atoms with E-state index in [0.29, 0.717) is 13.0 Å². The van der Waals surface area contributed by atoms with Crippen molar-refractivity contribution in [1.82, 2.24) is 4.90 Å². The summed E-state index contributed by atoms with van der Waals surface area (Å²) in [6, 6.07) is 30.9. The molecule has 0 bridgehead atoms. The van der Waals surface area contributed by atoms with Gasteiger partial charge in [-0.2, -0.15) is 0 Å². The van der Waals surface area contributed by atoms with Crippen molar-refractivity contribution in [3.8, 4) is 0 Å². The maximum Gasteiger partial charge on any atom is 0.143 e. The average Bonchev–Trinajstić information content (AvgIpc) is 2.73. The Kier molecular flexibility index (Phi) is 6.40. The normalized spacial score (nSPS) is 12.9. The van der Waals surface area contributed by atoms with Gasteiger partial charge in [0.05, 0.1) is 6.61 Å². The molecule has 0 fully saturated rings. The fourth-order valence-electron chi connectivity index (χ4n) is 3.34. The van der Waals surface area contributed by atoms with Gasteiger partial charge in [-0.05, 0) is 30.8 Å². The van der Waals surface area contributed by atoms with Gasteiger partial charge in [-0.15, -0.1) is 0 Å². The van der Waals surface area contributed by atoms with E-state index in [4.69, 9.17) is 4.74 Å². The molecule has 1 N–H and O–H groups in total. The Morgan fingerprint density at radius 3 is 1.44 bits per heavy atom. The number of nitrogens with zero attached hydrogens (tertiary/aromatic N) is 1. The number of hydrogen-bond donors (Lipinski definition) is 1. The monoisotopic (exact) mass is 361 g/mol. The van der Waals surface area contributed by atoms with Crippen molar-refractivity contribution >= 4 is 0 Å². The Morgan fingerprint density at radius 2 is 1.11 bits per heavy atom. The minimum absolute atomic E-state index is 0.429. The third-order valence-electron chi connectivity index (χ3n) is 4.83. The van der Waals surface area contributed by atoms with Crippen LogP contribution in [0, 0.1) is 0 Å². The van der Waals surface area contributed by atoms with Crippen LogP contribution >= 0.6 is 0 Å². The molecule has 27 heavy (non-hydrogen) atoms. The number of benzene rings is 3. The zero-order valence-corrected chi connectivity index (χ0v) is 16.0. The number of hydrogen-bond acceptors (Lipinski definition) is 3.